The summed E-state index contributed by atoms with van der Waals surface area (Å²) in [4.78, 5) is 18.5. The van der Waals surface area contributed by atoms with E-state index in [2.05, 4.69) is 63.7 Å². The van der Waals surface area contributed by atoms with Crippen molar-refractivity contribution in [3.63, 3.8) is 0 Å². The summed E-state index contributed by atoms with van der Waals surface area (Å²) in [5.41, 5.74) is 0. The van der Waals surface area contributed by atoms with Gasteiger partial charge in [-0.15, -0.1) is 0 Å². The second kappa shape index (κ2) is 7.94. The quantitative estimate of drug-likeness (QED) is 0.256. The molecule has 0 aliphatic rings. The van der Waals surface area contributed by atoms with Crippen LogP contribution in [0.1, 0.15) is 6.92 Å². The van der Waals surface area contributed by atoms with E-state index < -0.39 is 29.3 Å². The number of rotatable bonds is 4. The monoisotopic (exact) mass is 508 g/mol. The van der Waals surface area contributed by atoms with E-state index in [0.717, 1.165) is 0 Å². The van der Waals surface area contributed by atoms with Gasteiger partial charge in [0.25, 0.3) is 0 Å². The van der Waals surface area contributed by atoms with Gasteiger partial charge >= 0.3 is 6.71 Å². The van der Waals surface area contributed by atoms with E-state index in [-0.39, 0.29) is 0 Å². The summed E-state index contributed by atoms with van der Waals surface area (Å²) in [5.74, 6) is 0. The molecule has 0 heterocycles. The molecule has 1 atom stereocenters. The zero-order valence-electron chi connectivity index (χ0n) is 8.22. The van der Waals surface area contributed by atoms with E-state index in [1.54, 1.807) is 0 Å². The Bertz CT molecular complexity index is 284. The normalized spacial score (nSPS) is 13.4. The number of nitrogens with zero attached hydrogens (tertiary/aromatic N) is 2. The summed E-state index contributed by atoms with van der Waals surface area (Å²) in [5, 5.41) is 36.8. The number of halogens is 4. The molecule has 0 saturated heterocycles. The van der Waals surface area contributed by atoms with Crippen LogP contribution in [0.15, 0.2) is 0 Å². The van der Waals surface area contributed by atoms with Crippen LogP contribution in [0.3, 0.4) is 0 Å². The molecule has 1 unspecified atom stereocenters. The average molecular weight is 512 g/mol. The van der Waals surface area contributed by atoms with Crippen LogP contribution >= 0.6 is 63.7 Å². The van der Waals surface area contributed by atoms with Crippen LogP contribution in [0.4, 0.5) is 0 Å². The molecule has 0 fully saturated rings. The van der Waals surface area contributed by atoms with Crippen molar-refractivity contribution in [2.24, 2.45) is 0 Å². The lowest BCUT2D eigenvalue weighted by molar-refractivity contribution is -0.514. The first-order valence-corrected chi connectivity index (χ1v) is 6.90. The maximum absolute atomic E-state index is 10.0. The number of hydrogen-bond donors (Lipinski definition) is 2. The van der Waals surface area contributed by atoms with Crippen molar-refractivity contribution in [1.29, 1.82) is 0 Å². The first-order chi connectivity index (χ1) is 7.39. The Balaban J connectivity index is 0. The molecule has 0 aromatic heterocycles. The van der Waals surface area contributed by atoms with Crippen LogP contribution in [-0.4, -0.2) is 39.5 Å². The highest BCUT2D eigenvalue weighted by Gasteiger charge is 2.41. The smallest absolute Gasteiger partial charge is 0.351 e. The van der Waals surface area contributed by atoms with Crippen molar-refractivity contribution in [2.75, 3.05) is 6.61 Å². The van der Waals surface area contributed by atoms with Crippen LogP contribution < -0.4 is 0 Å². The number of hydrogen-bond acceptors (Lipinski definition) is 6. The van der Waals surface area contributed by atoms with Gasteiger partial charge < -0.3 is 10.2 Å². The Morgan fingerprint density at radius 2 is 1.53 bits per heavy atom. The van der Waals surface area contributed by atoms with Gasteiger partial charge in [-0.05, 0) is 6.92 Å². The van der Waals surface area contributed by atoms with Crippen LogP contribution in [-0.2, 0) is 0 Å². The van der Waals surface area contributed by atoms with Crippen molar-refractivity contribution < 1.29 is 20.1 Å². The molecule has 17 heavy (non-hydrogen) atoms. The summed E-state index contributed by atoms with van der Waals surface area (Å²) < 4.78 is -3.15. The van der Waals surface area contributed by atoms with Crippen LogP contribution in [0.5, 0.6) is 0 Å². The molecule has 0 aliphatic carbocycles. The van der Waals surface area contributed by atoms with Crippen molar-refractivity contribution in [3.05, 3.63) is 20.2 Å². The summed E-state index contributed by atoms with van der Waals surface area (Å²) in [6.07, 6.45) is -1.08. The van der Waals surface area contributed by atoms with E-state index in [1.165, 1.54) is 6.92 Å². The van der Waals surface area contributed by atoms with Gasteiger partial charge in [-0.2, -0.15) is 0 Å². The fourth-order valence-corrected chi connectivity index (χ4v) is 0.210. The summed E-state index contributed by atoms with van der Waals surface area (Å²) >= 11 is 10.6. The molecule has 0 spiro atoms. The molecular formula is C5H8Br4N2O6. The van der Waals surface area contributed by atoms with Crippen LogP contribution in [0.2, 0.25) is 0 Å². The van der Waals surface area contributed by atoms with E-state index >= 15 is 0 Å². The van der Waals surface area contributed by atoms with Gasteiger partial charge in [-0.1, -0.05) is 0 Å². The predicted molar refractivity (Wildman–Crippen MR) is 73.9 cm³/mol. The average Bonchev–Trinajstić information content (AvgIpc) is 2.17. The first kappa shape index (κ1) is 20.0. The number of nitro groups is 2. The molecule has 0 aromatic rings. The SMILES string of the molecule is CC(O)C(Br)(Br)[N+](=O)[O-].O=[N+]([O-])C(Br)(Br)CO. The van der Waals surface area contributed by atoms with Gasteiger partial charge in [-0.3, -0.25) is 20.2 Å². The largest absolute Gasteiger partial charge is 0.387 e. The maximum Gasteiger partial charge on any atom is 0.351 e. The third-order valence-corrected chi connectivity index (χ3v) is 4.19. The van der Waals surface area contributed by atoms with Crippen LogP contribution in [0.25, 0.3) is 0 Å². The number of aliphatic hydroxyl groups excluding tert-OH is 2. The van der Waals surface area contributed by atoms with E-state index in [9.17, 15) is 20.2 Å². The summed E-state index contributed by atoms with van der Waals surface area (Å²) in [6, 6.07) is 0. The zero-order valence-corrected chi connectivity index (χ0v) is 14.6. The number of aliphatic hydroxyl groups is 2. The maximum atomic E-state index is 10.0. The van der Waals surface area contributed by atoms with Crippen molar-refractivity contribution in [3.8, 4) is 0 Å². The van der Waals surface area contributed by atoms with Gasteiger partial charge in [0.05, 0.1) is 9.85 Å². The minimum absolute atomic E-state index is 0.583. The minimum atomic E-state index is -1.60. The van der Waals surface area contributed by atoms with E-state index in [0.29, 0.717) is 0 Å². The second-order valence-corrected chi connectivity index (χ2v) is 9.77. The Labute approximate surface area is 130 Å². The van der Waals surface area contributed by atoms with E-state index in [4.69, 9.17) is 10.2 Å². The molecule has 0 aliphatic heterocycles. The molecule has 0 amide bonds. The van der Waals surface area contributed by atoms with Gasteiger partial charge in [0.2, 0.25) is 0 Å². The Hall–Kier alpha value is 0.640. The highest BCUT2D eigenvalue weighted by atomic mass is 79.9. The molecule has 0 saturated carbocycles. The topological polar surface area (TPSA) is 127 Å². The number of alkyl halides is 4. The highest BCUT2D eigenvalue weighted by Crippen LogP contribution is 2.30. The second-order valence-electron chi connectivity index (χ2n) is 2.60. The summed E-state index contributed by atoms with van der Waals surface area (Å²) in [6.45, 7) is 0.728. The van der Waals surface area contributed by atoms with Crippen molar-refractivity contribution >= 4 is 63.7 Å². The fourth-order valence-electron chi connectivity index (χ4n) is 0.210. The molecule has 8 nitrogen and oxygen atoms in total. The predicted octanol–water partition coefficient (Wildman–Crippen LogP) is 1.79. The molecule has 12 heteroatoms. The zero-order chi connectivity index (χ0) is 14.4. The fraction of sp³-hybridized carbons (Fsp3) is 1.00. The highest BCUT2D eigenvalue weighted by molar-refractivity contribution is 9.25. The first-order valence-electron chi connectivity index (χ1n) is 3.73. The Morgan fingerprint density at radius 3 is 1.53 bits per heavy atom. The minimum Gasteiger partial charge on any atom is -0.387 e. The molecule has 102 valence electrons. The third-order valence-electron chi connectivity index (χ3n) is 1.20. The van der Waals surface area contributed by atoms with Gasteiger partial charge in [-0.25, -0.2) is 0 Å². The molecule has 0 rings (SSSR count). The Kier molecular flexibility index (Phi) is 9.33. The molecule has 0 bridgehead atoms. The lowest BCUT2D eigenvalue weighted by atomic mass is 10.4. The van der Waals surface area contributed by atoms with E-state index in [1.807, 2.05) is 0 Å². The lowest BCUT2D eigenvalue weighted by Gasteiger charge is -2.13. The van der Waals surface area contributed by atoms with Crippen LogP contribution in [0, 0.1) is 20.2 Å². The van der Waals surface area contributed by atoms with Crippen molar-refractivity contribution in [2.45, 2.75) is 19.7 Å². The van der Waals surface area contributed by atoms with Gasteiger partial charge in [0, 0.05) is 63.7 Å². The Morgan fingerprint density at radius 1 is 1.18 bits per heavy atom. The molecule has 0 radical (unpaired) electrons. The summed E-state index contributed by atoms with van der Waals surface area (Å²) in [7, 11) is 0. The van der Waals surface area contributed by atoms with Gasteiger partial charge in [0.15, 0.2) is 0 Å². The van der Waals surface area contributed by atoms with Crippen molar-refractivity contribution in [1.82, 2.24) is 0 Å². The molecular weight excluding hydrogens is 504 g/mol. The molecule has 2 N–H and O–H groups in total. The molecule has 0 aromatic carbocycles. The van der Waals surface area contributed by atoms with Gasteiger partial charge in [0.1, 0.15) is 12.7 Å². The third kappa shape index (κ3) is 7.62. The standard InChI is InChI=1S/C3H5Br2NO3.C2H3Br2NO3/c1-2(7)3(4,5)6(8)9;3-2(4,1-6)5(7)8/h2,7H,1H3;6H,1H2. The lowest BCUT2D eigenvalue weighted by Crippen LogP contribution is -2.35.